The number of benzene rings is 1. The van der Waals surface area contributed by atoms with Gasteiger partial charge in [-0.3, -0.25) is 4.90 Å². The molecule has 1 aliphatic heterocycles. The van der Waals surface area contributed by atoms with Crippen molar-refractivity contribution in [2.45, 2.75) is 45.3 Å². The molecule has 1 aromatic rings. The number of hydrogen-bond donors (Lipinski definition) is 1. The Morgan fingerprint density at radius 2 is 1.71 bits per heavy atom. The molecule has 0 bridgehead atoms. The highest BCUT2D eigenvalue weighted by atomic mass is 15.3. The summed E-state index contributed by atoms with van der Waals surface area (Å²) >= 11 is 0. The molecule has 3 nitrogen and oxygen atoms in total. The van der Waals surface area contributed by atoms with Crippen LogP contribution in [0.4, 0.5) is 0 Å². The van der Waals surface area contributed by atoms with Crippen molar-refractivity contribution in [1.29, 1.82) is 0 Å². The predicted octanol–water partition coefficient (Wildman–Crippen LogP) is 2.67. The highest BCUT2D eigenvalue weighted by Gasteiger charge is 2.26. The number of hydrogen-bond acceptors (Lipinski definition) is 3. The van der Waals surface area contributed by atoms with E-state index >= 15 is 0 Å². The molecular weight excluding hydrogens is 258 g/mol. The van der Waals surface area contributed by atoms with E-state index in [-0.39, 0.29) is 0 Å². The Bertz CT molecular complexity index is 417. The average Bonchev–Trinajstić information content (AvgIpc) is 2.47. The van der Waals surface area contributed by atoms with Crippen LogP contribution in [0.25, 0.3) is 0 Å². The molecule has 1 fully saturated rings. The maximum Gasteiger partial charge on any atom is 0.0329 e. The van der Waals surface area contributed by atoms with Crippen molar-refractivity contribution < 1.29 is 0 Å². The fourth-order valence-corrected chi connectivity index (χ4v) is 3.28. The Kier molecular flexibility index (Phi) is 5.80. The second kappa shape index (κ2) is 7.39. The van der Waals surface area contributed by atoms with Crippen LogP contribution < -0.4 is 5.32 Å². The first-order valence-electron chi connectivity index (χ1n) is 8.19. The molecule has 1 aromatic carbocycles. The molecule has 21 heavy (non-hydrogen) atoms. The zero-order valence-electron chi connectivity index (χ0n) is 14.3. The summed E-state index contributed by atoms with van der Waals surface area (Å²) < 4.78 is 0. The molecule has 3 unspecified atom stereocenters. The van der Waals surface area contributed by atoms with Crippen LogP contribution in [0.3, 0.4) is 0 Å². The van der Waals surface area contributed by atoms with Gasteiger partial charge in [0.2, 0.25) is 0 Å². The van der Waals surface area contributed by atoms with Crippen LogP contribution in [-0.4, -0.2) is 55.6 Å². The quantitative estimate of drug-likeness (QED) is 0.899. The molecule has 118 valence electrons. The van der Waals surface area contributed by atoms with Crippen LogP contribution in [0.5, 0.6) is 0 Å². The molecule has 0 aliphatic carbocycles. The van der Waals surface area contributed by atoms with Crippen LogP contribution in [0.1, 0.15) is 37.4 Å². The Hall–Kier alpha value is -0.900. The monoisotopic (exact) mass is 289 g/mol. The number of rotatable bonds is 5. The first kappa shape index (κ1) is 16.5. The van der Waals surface area contributed by atoms with Gasteiger partial charge in [-0.15, -0.1) is 0 Å². The van der Waals surface area contributed by atoms with E-state index in [2.05, 4.69) is 74.2 Å². The largest absolute Gasteiger partial charge is 0.313 e. The minimum Gasteiger partial charge on any atom is -0.313 e. The maximum absolute atomic E-state index is 3.47. The number of nitrogens with zero attached hydrogens (tertiary/aromatic N) is 2. The Labute approximate surface area is 130 Å². The second-order valence-electron chi connectivity index (χ2n) is 6.66. The molecule has 1 N–H and O–H groups in total. The SMILES string of the molecule is CNC(CCN1CC(C)N(C)C(C)C1)c1ccc(C)cc1. The summed E-state index contributed by atoms with van der Waals surface area (Å²) in [6.45, 7) is 10.3. The minimum absolute atomic E-state index is 0.455. The van der Waals surface area contributed by atoms with E-state index in [0.717, 1.165) is 0 Å². The molecule has 1 heterocycles. The van der Waals surface area contributed by atoms with Crippen LogP contribution in [0, 0.1) is 6.92 Å². The lowest BCUT2D eigenvalue weighted by Crippen LogP contribution is -2.55. The highest BCUT2D eigenvalue weighted by Crippen LogP contribution is 2.19. The van der Waals surface area contributed by atoms with Gasteiger partial charge < -0.3 is 10.2 Å². The van der Waals surface area contributed by atoms with Gasteiger partial charge in [0.05, 0.1) is 0 Å². The lowest BCUT2D eigenvalue weighted by Gasteiger charge is -2.42. The molecule has 3 atom stereocenters. The molecular formula is C18H31N3. The van der Waals surface area contributed by atoms with Gasteiger partial charge in [-0.25, -0.2) is 0 Å². The van der Waals surface area contributed by atoms with Crippen molar-refractivity contribution in [2.24, 2.45) is 0 Å². The van der Waals surface area contributed by atoms with Crippen LogP contribution in [-0.2, 0) is 0 Å². The highest BCUT2D eigenvalue weighted by molar-refractivity contribution is 5.24. The summed E-state index contributed by atoms with van der Waals surface area (Å²) in [5, 5.41) is 3.47. The molecule has 0 aromatic heterocycles. The Morgan fingerprint density at radius 1 is 1.14 bits per heavy atom. The number of likely N-dealkylation sites (N-methyl/N-ethyl adjacent to an activating group) is 1. The third kappa shape index (κ3) is 4.29. The molecule has 0 radical (unpaired) electrons. The topological polar surface area (TPSA) is 18.5 Å². The van der Waals surface area contributed by atoms with E-state index in [0.29, 0.717) is 18.1 Å². The van der Waals surface area contributed by atoms with Gasteiger partial charge in [0.25, 0.3) is 0 Å². The number of aryl methyl sites for hydroxylation is 1. The van der Waals surface area contributed by atoms with Gasteiger partial charge in [0.15, 0.2) is 0 Å². The van der Waals surface area contributed by atoms with Gasteiger partial charge >= 0.3 is 0 Å². The van der Waals surface area contributed by atoms with Crippen molar-refractivity contribution in [1.82, 2.24) is 15.1 Å². The van der Waals surface area contributed by atoms with Crippen molar-refractivity contribution in [3.8, 4) is 0 Å². The van der Waals surface area contributed by atoms with Gasteiger partial charge in [0, 0.05) is 37.8 Å². The van der Waals surface area contributed by atoms with E-state index in [4.69, 9.17) is 0 Å². The standard InChI is InChI=1S/C18H31N3/c1-14-6-8-17(9-7-14)18(19-4)10-11-21-12-15(2)20(5)16(3)13-21/h6-9,15-16,18-19H,10-13H2,1-5H3. The van der Waals surface area contributed by atoms with E-state index in [1.54, 1.807) is 0 Å². The van der Waals surface area contributed by atoms with E-state index in [1.165, 1.54) is 37.2 Å². The lowest BCUT2D eigenvalue weighted by molar-refractivity contribution is 0.0579. The zero-order valence-corrected chi connectivity index (χ0v) is 14.3. The van der Waals surface area contributed by atoms with Gasteiger partial charge in [-0.2, -0.15) is 0 Å². The summed E-state index contributed by atoms with van der Waals surface area (Å²) in [4.78, 5) is 5.11. The summed E-state index contributed by atoms with van der Waals surface area (Å²) in [6.07, 6.45) is 1.17. The van der Waals surface area contributed by atoms with Crippen molar-refractivity contribution >= 4 is 0 Å². The third-order valence-corrected chi connectivity index (χ3v) is 5.00. The molecule has 3 heteroatoms. The summed E-state index contributed by atoms with van der Waals surface area (Å²) in [5.41, 5.74) is 2.73. The fraction of sp³-hybridized carbons (Fsp3) is 0.667. The molecule has 0 spiro atoms. The van der Waals surface area contributed by atoms with Crippen molar-refractivity contribution in [3.05, 3.63) is 35.4 Å². The Balaban J connectivity index is 1.90. The zero-order chi connectivity index (χ0) is 15.4. The molecule has 1 aliphatic rings. The van der Waals surface area contributed by atoms with Gasteiger partial charge in [0.1, 0.15) is 0 Å². The van der Waals surface area contributed by atoms with Crippen molar-refractivity contribution in [3.63, 3.8) is 0 Å². The number of piperazine rings is 1. The molecule has 2 rings (SSSR count). The Morgan fingerprint density at radius 3 is 2.24 bits per heavy atom. The first-order valence-corrected chi connectivity index (χ1v) is 8.19. The smallest absolute Gasteiger partial charge is 0.0329 e. The third-order valence-electron chi connectivity index (χ3n) is 5.00. The average molecular weight is 289 g/mol. The van der Waals surface area contributed by atoms with Gasteiger partial charge in [-0.05, 0) is 46.9 Å². The van der Waals surface area contributed by atoms with Gasteiger partial charge in [-0.1, -0.05) is 29.8 Å². The normalized spacial score (nSPS) is 26.0. The van der Waals surface area contributed by atoms with Crippen LogP contribution in [0.2, 0.25) is 0 Å². The molecule has 0 amide bonds. The van der Waals surface area contributed by atoms with Crippen LogP contribution >= 0.6 is 0 Å². The van der Waals surface area contributed by atoms with E-state index in [1.807, 2.05) is 0 Å². The lowest BCUT2D eigenvalue weighted by atomic mass is 10.0. The first-order chi connectivity index (χ1) is 10.0. The predicted molar refractivity (Wildman–Crippen MR) is 90.7 cm³/mol. The molecule has 1 saturated heterocycles. The van der Waals surface area contributed by atoms with Crippen LogP contribution in [0.15, 0.2) is 24.3 Å². The summed E-state index contributed by atoms with van der Waals surface area (Å²) in [6, 6.07) is 10.7. The summed E-state index contributed by atoms with van der Waals surface area (Å²) in [7, 11) is 4.31. The fourth-order valence-electron chi connectivity index (χ4n) is 3.28. The molecule has 0 saturated carbocycles. The number of nitrogens with one attached hydrogen (secondary N) is 1. The summed E-state index contributed by atoms with van der Waals surface area (Å²) in [5.74, 6) is 0. The minimum atomic E-state index is 0.455. The maximum atomic E-state index is 3.47. The van der Waals surface area contributed by atoms with E-state index < -0.39 is 0 Å². The van der Waals surface area contributed by atoms with Crippen molar-refractivity contribution in [2.75, 3.05) is 33.7 Å². The second-order valence-corrected chi connectivity index (χ2v) is 6.66. The van der Waals surface area contributed by atoms with E-state index in [9.17, 15) is 0 Å².